The van der Waals surface area contributed by atoms with Crippen LogP contribution in [0.1, 0.15) is 136 Å². The van der Waals surface area contributed by atoms with E-state index < -0.39 is 23.1 Å². The van der Waals surface area contributed by atoms with Crippen molar-refractivity contribution >= 4 is 58.3 Å². The van der Waals surface area contributed by atoms with Gasteiger partial charge in [-0.15, -0.1) is 0 Å². The third-order valence-electron chi connectivity index (χ3n) is 23.0. The van der Waals surface area contributed by atoms with Crippen LogP contribution in [0.25, 0.3) is 0 Å². The van der Waals surface area contributed by atoms with E-state index in [1.54, 1.807) is 26.4 Å². The minimum absolute atomic E-state index is 0.00201. The Morgan fingerprint density at radius 2 is 0.989 bits per heavy atom. The quantitative estimate of drug-likeness (QED) is 0.146. The number of carbonyl (C=O) groups is 4. The maximum atomic E-state index is 13.8. The number of anilines is 2. The summed E-state index contributed by atoms with van der Waals surface area (Å²) in [5, 5.41) is 25.7. The summed E-state index contributed by atoms with van der Waals surface area (Å²) in [6, 6.07) is 23.4. The van der Waals surface area contributed by atoms with Gasteiger partial charge in [-0.3, -0.25) is 9.59 Å². The second kappa shape index (κ2) is 26.6. The number of hydrogen-bond donors (Lipinski definition) is 2. The summed E-state index contributed by atoms with van der Waals surface area (Å²) >= 11 is 12.9. The Hall–Kier alpha value is -6.14. The summed E-state index contributed by atoms with van der Waals surface area (Å²) in [6.45, 7) is 5.25. The van der Waals surface area contributed by atoms with E-state index in [0.29, 0.717) is 85.4 Å². The standard InChI is InChI=1S/2C37H45ClN2O6/c2*1-44-32-9-3-7-28-8-5-17-40(28)34(41)20-37(43,35(42)45-2)26-11-15-33-31(19-26)39(21-25-10-13-29(25)32)22-36(23-46-33)16-4-6-24-18-27(38)12-14-30(24)36/h2*3,9,11-12,14-15,18-19,25,28-29,32,43H,4-8,10,13,16-17,20-23H2,1-2H3/b2*9-3+/t25-,28+,29+,32-,36-,37+;25-,28+,29+,32-,36-,37-/m00/s1. The predicted octanol–water partition coefficient (Wildman–Crippen LogP) is 11.1. The number of benzene rings is 4. The molecule has 0 aromatic heterocycles. The van der Waals surface area contributed by atoms with E-state index in [9.17, 15) is 29.4 Å². The van der Waals surface area contributed by atoms with Crippen molar-refractivity contribution in [2.75, 3.05) is 90.7 Å². The van der Waals surface area contributed by atoms with Crippen molar-refractivity contribution in [1.29, 1.82) is 0 Å². The molecule has 0 radical (unpaired) electrons. The topological polar surface area (TPSA) is 177 Å². The molecule has 4 fully saturated rings. The molecular formula is C74H90Cl2N4O12. The Labute approximate surface area is 551 Å². The first kappa shape index (κ1) is 64.6. The van der Waals surface area contributed by atoms with Crippen LogP contribution in [0.2, 0.25) is 10.0 Å². The van der Waals surface area contributed by atoms with Crippen LogP contribution < -0.4 is 19.3 Å². The van der Waals surface area contributed by atoms with Crippen LogP contribution >= 0.6 is 23.2 Å². The number of fused-ring (bicyclic) bond motifs is 10. The van der Waals surface area contributed by atoms with Gasteiger partial charge in [0.2, 0.25) is 11.8 Å². The highest BCUT2D eigenvalue weighted by Gasteiger charge is 2.51. The minimum atomic E-state index is -2.13. The molecule has 4 aliphatic carbocycles. The summed E-state index contributed by atoms with van der Waals surface area (Å²) in [4.78, 5) is 62.8. The number of esters is 2. The molecule has 10 aliphatic rings. The molecule has 14 rings (SSSR count). The van der Waals surface area contributed by atoms with Crippen LogP contribution in [0.5, 0.6) is 11.5 Å². The molecule has 0 unspecified atom stereocenters. The zero-order valence-electron chi connectivity index (χ0n) is 53.8. The number of carbonyl (C=O) groups excluding carboxylic acids is 4. The second-order valence-corrected chi connectivity index (χ2v) is 29.0. The molecule has 4 bridgehead atoms. The number of ether oxygens (including phenoxy) is 6. The number of rotatable bonds is 4. The van der Waals surface area contributed by atoms with Crippen molar-refractivity contribution in [3.63, 3.8) is 0 Å². The third-order valence-corrected chi connectivity index (χ3v) is 23.5. The van der Waals surface area contributed by atoms with Gasteiger partial charge in [-0.05, 0) is 208 Å². The first-order valence-corrected chi connectivity index (χ1v) is 34.5. The van der Waals surface area contributed by atoms with Gasteiger partial charge in [0.05, 0.1) is 63.9 Å². The zero-order chi connectivity index (χ0) is 64.1. The molecule has 4 aromatic rings. The van der Waals surface area contributed by atoms with Crippen molar-refractivity contribution in [1.82, 2.24) is 9.80 Å². The van der Waals surface area contributed by atoms with Crippen LogP contribution in [0.3, 0.4) is 0 Å². The summed E-state index contributed by atoms with van der Waals surface area (Å²) in [5.74, 6) is 0.761. The fourth-order valence-corrected chi connectivity index (χ4v) is 18.1. The lowest BCUT2D eigenvalue weighted by Gasteiger charge is -2.46. The van der Waals surface area contributed by atoms with E-state index in [1.807, 2.05) is 46.2 Å². The van der Waals surface area contributed by atoms with Gasteiger partial charge in [0.25, 0.3) is 0 Å². The Balaban J connectivity index is 0.000000168. The molecule has 16 nitrogen and oxygen atoms in total. The molecule has 12 atom stereocenters. The highest BCUT2D eigenvalue weighted by Crippen LogP contribution is 2.51. The molecule has 2 saturated heterocycles. The fraction of sp³-hybridized carbons (Fsp3) is 0.568. The summed E-state index contributed by atoms with van der Waals surface area (Å²) in [7, 11) is 6.10. The SMILES string of the molecule is COC(=O)[C@@]1(O)CC(=O)N2CCC[C@H]2C/C=C/[C@H](OC)[C@@H]2CC[C@H]2CN2C[C@@]3(CCCc4cc(Cl)ccc43)COc3ccc1cc32.COC(=O)[C@]1(O)CC(=O)N2CCC[C@H]2C/C=C/[C@H](OC)[C@@H]2CC[C@H]2CN2C[C@@]3(CCCc4cc(Cl)ccc43)COc3ccc1cc32. The van der Waals surface area contributed by atoms with E-state index >= 15 is 0 Å². The van der Waals surface area contributed by atoms with Gasteiger partial charge in [0.1, 0.15) is 11.5 Å². The molecule has 6 aliphatic heterocycles. The van der Waals surface area contributed by atoms with Crippen LogP contribution in [0.4, 0.5) is 11.4 Å². The number of aryl methyl sites for hydroxylation is 2. The number of nitrogens with zero attached hydrogens (tertiary/aromatic N) is 4. The summed E-state index contributed by atoms with van der Waals surface area (Å²) in [5.41, 5.74) is 2.67. The van der Waals surface area contributed by atoms with Crippen molar-refractivity contribution in [3.8, 4) is 11.5 Å². The van der Waals surface area contributed by atoms with Crippen molar-refractivity contribution in [3.05, 3.63) is 141 Å². The lowest BCUT2D eigenvalue weighted by molar-refractivity contribution is -0.168. The van der Waals surface area contributed by atoms with Crippen molar-refractivity contribution in [2.45, 2.75) is 162 Å². The Bertz CT molecular complexity index is 3280. The lowest BCUT2D eigenvalue weighted by Crippen LogP contribution is -2.49. The highest BCUT2D eigenvalue weighted by atomic mass is 35.5. The molecule has 92 heavy (non-hydrogen) atoms. The molecule has 18 heteroatoms. The number of halogens is 2. The van der Waals surface area contributed by atoms with Gasteiger partial charge in [-0.25, -0.2) is 9.59 Å². The zero-order valence-corrected chi connectivity index (χ0v) is 55.3. The predicted molar refractivity (Wildman–Crippen MR) is 353 cm³/mol. The average Bonchev–Trinajstić information content (AvgIpc) is 1.46. The van der Waals surface area contributed by atoms with Crippen LogP contribution in [0.15, 0.2) is 97.1 Å². The Morgan fingerprint density at radius 1 is 0.554 bits per heavy atom. The van der Waals surface area contributed by atoms with Crippen LogP contribution in [-0.2, 0) is 73.0 Å². The molecule has 2 saturated carbocycles. The lowest BCUT2D eigenvalue weighted by atomic mass is 9.68. The first-order chi connectivity index (χ1) is 44.5. The molecular weight excluding hydrogens is 1210 g/mol. The largest absolute Gasteiger partial charge is 0.490 e. The molecule has 2 amide bonds. The van der Waals surface area contributed by atoms with E-state index in [4.69, 9.17) is 51.6 Å². The summed E-state index contributed by atoms with van der Waals surface area (Å²) in [6.07, 6.45) is 23.3. The summed E-state index contributed by atoms with van der Waals surface area (Å²) < 4.78 is 35.7. The molecule has 2 spiro atoms. The van der Waals surface area contributed by atoms with Gasteiger partial charge >= 0.3 is 11.9 Å². The van der Waals surface area contributed by atoms with Gasteiger partial charge in [0, 0.05) is 86.4 Å². The number of hydrogen-bond acceptors (Lipinski definition) is 14. The van der Waals surface area contributed by atoms with E-state index in [0.717, 1.165) is 137 Å². The maximum absolute atomic E-state index is 13.8. The third kappa shape index (κ3) is 12.1. The molecule has 2 N–H and O–H groups in total. The van der Waals surface area contributed by atoms with Gasteiger partial charge in [0.15, 0.2) is 11.2 Å². The van der Waals surface area contributed by atoms with Crippen LogP contribution in [0, 0.1) is 23.7 Å². The van der Waals surface area contributed by atoms with Gasteiger partial charge < -0.3 is 58.2 Å². The highest BCUT2D eigenvalue weighted by molar-refractivity contribution is 6.31. The maximum Gasteiger partial charge on any atom is 0.343 e. The van der Waals surface area contributed by atoms with Gasteiger partial charge in [-0.1, -0.05) is 71.8 Å². The molecule has 492 valence electrons. The molecule has 6 heterocycles. The van der Waals surface area contributed by atoms with Crippen LogP contribution in [-0.4, -0.2) is 149 Å². The molecule has 4 aromatic carbocycles. The Kier molecular flexibility index (Phi) is 18.6. The van der Waals surface area contributed by atoms with E-state index in [1.165, 1.54) is 36.5 Å². The van der Waals surface area contributed by atoms with Crippen molar-refractivity contribution < 1.29 is 57.8 Å². The first-order valence-electron chi connectivity index (χ1n) is 33.7. The smallest absolute Gasteiger partial charge is 0.343 e. The monoisotopic (exact) mass is 1300 g/mol. The van der Waals surface area contributed by atoms with Crippen molar-refractivity contribution in [2.24, 2.45) is 23.7 Å². The van der Waals surface area contributed by atoms with E-state index in [2.05, 4.69) is 58.4 Å². The normalized spacial score (nSPS) is 33.2. The second-order valence-electron chi connectivity index (χ2n) is 28.1. The average molecular weight is 1300 g/mol. The minimum Gasteiger partial charge on any atom is -0.490 e. The number of aliphatic hydroxyl groups is 2. The Morgan fingerprint density at radius 3 is 1.38 bits per heavy atom. The number of amides is 2. The fourth-order valence-electron chi connectivity index (χ4n) is 17.7. The van der Waals surface area contributed by atoms with E-state index in [-0.39, 0.29) is 59.8 Å². The number of methoxy groups -OCH3 is 4. The van der Waals surface area contributed by atoms with Gasteiger partial charge in [-0.2, -0.15) is 0 Å².